The first kappa shape index (κ1) is 21.8. The van der Waals surface area contributed by atoms with Crippen LogP contribution in [0.3, 0.4) is 0 Å². The summed E-state index contributed by atoms with van der Waals surface area (Å²) < 4.78 is 3.38. The van der Waals surface area contributed by atoms with Gasteiger partial charge in [-0.2, -0.15) is 9.78 Å². The number of amides is 1. The maximum absolute atomic E-state index is 12.5. The van der Waals surface area contributed by atoms with Crippen LogP contribution in [-0.2, 0) is 13.0 Å². The molecule has 1 amide bonds. The minimum atomic E-state index is -0.312. The normalized spacial score (nSPS) is 11.1. The number of nitrogens with zero attached hydrogens (tertiary/aromatic N) is 5. The quantitative estimate of drug-likeness (QED) is 0.417. The van der Waals surface area contributed by atoms with Crippen molar-refractivity contribution in [3.05, 3.63) is 64.3 Å². The summed E-state index contributed by atoms with van der Waals surface area (Å²) in [5.41, 5.74) is 0.532. The van der Waals surface area contributed by atoms with Crippen LogP contribution in [0.1, 0.15) is 36.6 Å². The molecule has 0 aliphatic carbocycles. The van der Waals surface area contributed by atoms with Gasteiger partial charge in [0.15, 0.2) is 5.16 Å². The predicted octanol–water partition coefficient (Wildman–Crippen LogP) is 2.56. The van der Waals surface area contributed by atoms with Crippen molar-refractivity contribution in [1.82, 2.24) is 29.9 Å². The molecule has 0 fully saturated rings. The van der Waals surface area contributed by atoms with Gasteiger partial charge in [-0.25, -0.2) is 0 Å². The van der Waals surface area contributed by atoms with Gasteiger partial charge in [-0.3, -0.25) is 9.59 Å². The van der Waals surface area contributed by atoms with E-state index in [-0.39, 0.29) is 17.2 Å². The Bertz CT molecular complexity index is 1050. The first-order chi connectivity index (χ1) is 14.5. The Labute approximate surface area is 179 Å². The van der Waals surface area contributed by atoms with Crippen LogP contribution in [0.5, 0.6) is 0 Å². The molecule has 0 atom stereocenters. The van der Waals surface area contributed by atoms with Crippen LogP contribution in [0.15, 0.2) is 52.4 Å². The van der Waals surface area contributed by atoms with Crippen molar-refractivity contribution >= 4 is 17.7 Å². The van der Waals surface area contributed by atoms with E-state index in [2.05, 4.69) is 39.0 Å². The molecule has 1 N–H and O–H groups in total. The predicted molar refractivity (Wildman–Crippen MR) is 117 cm³/mol. The molecule has 0 aliphatic rings. The van der Waals surface area contributed by atoms with E-state index in [9.17, 15) is 9.59 Å². The lowest BCUT2D eigenvalue weighted by molar-refractivity contribution is 0.0946. The monoisotopic (exact) mass is 426 g/mol. The van der Waals surface area contributed by atoms with Crippen LogP contribution in [0, 0.1) is 5.92 Å². The molecule has 0 bridgehead atoms. The average molecular weight is 427 g/mol. The van der Waals surface area contributed by atoms with E-state index in [0.29, 0.717) is 18.2 Å². The molecule has 0 unspecified atom stereocenters. The fourth-order valence-electron chi connectivity index (χ4n) is 3.03. The molecule has 2 aromatic heterocycles. The van der Waals surface area contributed by atoms with Crippen molar-refractivity contribution in [2.45, 2.75) is 38.4 Å². The van der Waals surface area contributed by atoms with Gasteiger partial charge in [0, 0.05) is 25.6 Å². The van der Waals surface area contributed by atoms with E-state index in [1.54, 1.807) is 23.9 Å². The molecule has 0 radical (unpaired) electrons. The topological polar surface area (TPSA) is 94.7 Å². The van der Waals surface area contributed by atoms with Gasteiger partial charge in [-0.1, -0.05) is 43.8 Å². The zero-order chi connectivity index (χ0) is 21.5. The van der Waals surface area contributed by atoms with Crippen LogP contribution in [-0.4, -0.2) is 43.3 Å². The molecule has 158 valence electrons. The third-order valence-electron chi connectivity index (χ3n) is 4.42. The van der Waals surface area contributed by atoms with Gasteiger partial charge in [0.1, 0.15) is 11.5 Å². The van der Waals surface area contributed by atoms with E-state index in [1.807, 2.05) is 24.5 Å². The number of nitrogens with one attached hydrogen (secondary N) is 1. The highest BCUT2D eigenvalue weighted by Crippen LogP contribution is 2.16. The number of para-hydroxylation sites is 1. The van der Waals surface area contributed by atoms with E-state index in [1.165, 1.54) is 16.8 Å². The van der Waals surface area contributed by atoms with Gasteiger partial charge in [0.05, 0.1) is 5.69 Å². The largest absolute Gasteiger partial charge is 0.351 e. The standard InChI is InChI=1S/C21H26N6O2S/c1-15(2)14-26-18(23-24-21(26)30-3)10-7-13-22-20(29)17-11-12-19(28)27(25-17)16-8-5-4-6-9-16/h4-6,8-9,11-12,15H,7,10,13-14H2,1-3H3,(H,22,29). The molecular weight excluding hydrogens is 400 g/mol. The van der Waals surface area contributed by atoms with Gasteiger partial charge in [-0.05, 0) is 36.8 Å². The number of rotatable bonds is 9. The SMILES string of the molecule is CSc1nnc(CCCNC(=O)c2ccc(=O)n(-c3ccccc3)n2)n1CC(C)C. The van der Waals surface area contributed by atoms with Crippen LogP contribution in [0.25, 0.3) is 5.69 Å². The number of hydrogen-bond donors (Lipinski definition) is 1. The highest BCUT2D eigenvalue weighted by Gasteiger charge is 2.13. The summed E-state index contributed by atoms with van der Waals surface area (Å²) in [4.78, 5) is 24.6. The highest BCUT2D eigenvalue weighted by molar-refractivity contribution is 7.98. The number of thioether (sulfide) groups is 1. The lowest BCUT2D eigenvalue weighted by Gasteiger charge is -2.12. The summed E-state index contributed by atoms with van der Waals surface area (Å²) in [6.07, 6.45) is 3.44. The maximum atomic E-state index is 12.5. The van der Waals surface area contributed by atoms with Crippen molar-refractivity contribution in [3.8, 4) is 5.69 Å². The lowest BCUT2D eigenvalue weighted by atomic mass is 10.2. The Hall–Kier alpha value is -2.94. The summed E-state index contributed by atoms with van der Waals surface area (Å²) in [5.74, 6) is 1.11. The number of hydrogen-bond acceptors (Lipinski definition) is 6. The average Bonchev–Trinajstić information content (AvgIpc) is 3.12. The fourth-order valence-corrected chi connectivity index (χ4v) is 3.55. The molecule has 0 spiro atoms. The van der Waals surface area contributed by atoms with Gasteiger partial charge >= 0.3 is 0 Å². The number of carbonyl (C=O) groups excluding carboxylic acids is 1. The highest BCUT2D eigenvalue weighted by atomic mass is 32.2. The van der Waals surface area contributed by atoms with Crippen LogP contribution < -0.4 is 10.9 Å². The minimum absolute atomic E-state index is 0.200. The molecule has 3 rings (SSSR count). The second kappa shape index (κ2) is 10.2. The van der Waals surface area contributed by atoms with Crippen LogP contribution in [0.2, 0.25) is 0 Å². The molecule has 9 heteroatoms. The third-order valence-corrected chi connectivity index (χ3v) is 5.09. The van der Waals surface area contributed by atoms with Crippen LogP contribution in [0.4, 0.5) is 0 Å². The first-order valence-corrected chi connectivity index (χ1v) is 11.1. The molecule has 30 heavy (non-hydrogen) atoms. The molecule has 3 aromatic rings. The lowest BCUT2D eigenvalue weighted by Crippen LogP contribution is -2.29. The zero-order valence-electron chi connectivity index (χ0n) is 17.4. The zero-order valence-corrected chi connectivity index (χ0v) is 18.2. The van der Waals surface area contributed by atoms with Gasteiger partial charge in [-0.15, -0.1) is 10.2 Å². The smallest absolute Gasteiger partial charge is 0.271 e. The molecule has 8 nitrogen and oxygen atoms in total. The van der Waals surface area contributed by atoms with Gasteiger partial charge in [0.25, 0.3) is 11.5 Å². The van der Waals surface area contributed by atoms with Crippen molar-refractivity contribution in [2.75, 3.05) is 12.8 Å². The van der Waals surface area contributed by atoms with Gasteiger partial charge < -0.3 is 9.88 Å². The number of benzene rings is 1. The summed E-state index contributed by atoms with van der Waals surface area (Å²) in [7, 11) is 0. The van der Waals surface area contributed by atoms with Gasteiger partial charge in [0.2, 0.25) is 0 Å². The molecule has 2 heterocycles. The van der Waals surface area contributed by atoms with Crippen molar-refractivity contribution in [3.63, 3.8) is 0 Å². The number of aromatic nitrogens is 5. The molecule has 0 saturated heterocycles. The summed E-state index contributed by atoms with van der Waals surface area (Å²) in [6, 6.07) is 11.8. The van der Waals surface area contributed by atoms with Crippen molar-refractivity contribution < 1.29 is 4.79 Å². The fraction of sp³-hybridized carbons (Fsp3) is 0.381. The number of carbonyl (C=O) groups is 1. The molecular formula is C21H26N6O2S. The van der Waals surface area contributed by atoms with Crippen molar-refractivity contribution in [1.29, 1.82) is 0 Å². The van der Waals surface area contributed by atoms with E-state index >= 15 is 0 Å². The maximum Gasteiger partial charge on any atom is 0.271 e. The minimum Gasteiger partial charge on any atom is -0.351 e. The first-order valence-electron chi connectivity index (χ1n) is 9.89. The molecule has 1 aromatic carbocycles. The Balaban J connectivity index is 1.60. The second-order valence-electron chi connectivity index (χ2n) is 7.27. The van der Waals surface area contributed by atoms with Crippen molar-refractivity contribution in [2.24, 2.45) is 5.92 Å². The molecule has 0 aliphatic heterocycles. The van der Waals surface area contributed by atoms with Crippen LogP contribution >= 0.6 is 11.8 Å². The molecule has 0 saturated carbocycles. The summed E-state index contributed by atoms with van der Waals surface area (Å²) in [5, 5.41) is 16.5. The second-order valence-corrected chi connectivity index (χ2v) is 8.04. The summed E-state index contributed by atoms with van der Waals surface area (Å²) in [6.45, 7) is 5.68. The Kier molecular flexibility index (Phi) is 7.40. The third kappa shape index (κ3) is 5.35. The Morgan fingerprint density at radius 2 is 1.90 bits per heavy atom. The summed E-state index contributed by atoms with van der Waals surface area (Å²) >= 11 is 1.58. The number of aryl methyl sites for hydroxylation is 1. The van der Waals surface area contributed by atoms with E-state index in [0.717, 1.165) is 30.4 Å². The Morgan fingerprint density at radius 1 is 1.13 bits per heavy atom. The van der Waals surface area contributed by atoms with E-state index in [4.69, 9.17) is 0 Å². The van der Waals surface area contributed by atoms with E-state index < -0.39 is 0 Å². The Morgan fingerprint density at radius 3 is 2.60 bits per heavy atom.